The Labute approximate surface area is 79.2 Å². The SMILES string of the molecule is CCCC(C)OC(=O)C(Cl)CC. The summed E-state index contributed by atoms with van der Waals surface area (Å²) in [6.07, 6.45) is 2.54. The molecule has 2 nitrogen and oxygen atoms in total. The maximum absolute atomic E-state index is 11.1. The second kappa shape index (κ2) is 6.30. The largest absolute Gasteiger partial charge is 0.462 e. The number of carbonyl (C=O) groups excluding carboxylic acids is 1. The zero-order chi connectivity index (χ0) is 9.56. The van der Waals surface area contributed by atoms with Crippen molar-refractivity contribution in [2.45, 2.75) is 51.5 Å². The third kappa shape index (κ3) is 4.60. The first kappa shape index (κ1) is 11.8. The van der Waals surface area contributed by atoms with Gasteiger partial charge in [-0.05, 0) is 19.8 Å². The highest BCUT2D eigenvalue weighted by molar-refractivity contribution is 6.29. The topological polar surface area (TPSA) is 26.3 Å². The fourth-order valence-corrected chi connectivity index (χ4v) is 0.956. The Hall–Kier alpha value is -0.240. The molecular weight excluding hydrogens is 176 g/mol. The predicted octanol–water partition coefficient (Wildman–Crippen LogP) is 2.74. The van der Waals surface area contributed by atoms with Gasteiger partial charge < -0.3 is 4.74 Å². The summed E-state index contributed by atoms with van der Waals surface area (Å²) in [6, 6.07) is 0. The van der Waals surface area contributed by atoms with Crippen molar-refractivity contribution in [3.05, 3.63) is 0 Å². The maximum Gasteiger partial charge on any atom is 0.324 e. The van der Waals surface area contributed by atoms with E-state index in [1.165, 1.54) is 0 Å². The summed E-state index contributed by atoms with van der Waals surface area (Å²) in [5.74, 6) is -0.292. The van der Waals surface area contributed by atoms with E-state index in [0.29, 0.717) is 6.42 Å². The average Bonchev–Trinajstić information content (AvgIpc) is 2.03. The van der Waals surface area contributed by atoms with Gasteiger partial charge in [-0.2, -0.15) is 0 Å². The molecule has 0 fully saturated rings. The minimum Gasteiger partial charge on any atom is -0.462 e. The molecule has 0 aliphatic carbocycles. The van der Waals surface area contributed by atoms with Gasteiger partial charge in [0.2, 0.25) is 0 Å². The van der Waals surface area contributed by atoms with Crippen LogP contribution in [0.25, 0.3) is 0 Å². The van der Waals surface area contributed by atoms with Crippen LogP contribution in [0.3, 0.4) is 0 Å². The van der Waals surface area contributed by atoms with Gasteiger partial charge in [0.25, 0.3) is 0 Å². The van der Waals surface area contributed by atoms with Crippen molar-refractivity contribution in [3.63, 3.8) is 0 Å². The van der Waals surface area contributed by atoms with E-state index in [1.807, 2.05) is 13.8 Å². The highest BCUT2D eigenvalue weighted by Gasteiger charge is 2.16. The lowest BCUT2D eigenvalue weighted by atomic mass is 10.2. The fraction of sp³-hybridized carbons (Fsp3) is 0.889. The molecule has 72 valence electrons. The summed E-state index contributed by atoms with van der Waals surface area (Å²) in [6.45, 7) is 5.81. The number of halogens is 1. The van der Waals surface area contributed by atoms with Gasteiger partial charge >= 0.3 is 5.97 Å². The van der Waals surface area contributed by atoms with Crippen molar-refractivity contribution in [1.29, 1.82) is 0 Å². The third-order valence-corrected chi connectivity index (χ3v) is 2.11. The Morgan fingerprint density at radius 3 is 2.50 bits per heavy atom. The highest BCUT2D eigenvalue weighted by Crippen LogP contribution is 2.08. The van der Waals surface area contributed by atoms with Crippen LogP contribution in [0.4, 0.5) is 0 Å². The van der Waals surface area contributed by atoms with Gasteiger partial charge in [0.15, 0.2) is 0 Å². The summed E-state index contributed by atoms with van der Waals surface area (Å²) in [4.78, 5) is 11.1. The van der Waals surface area contributed by atoms with Crippen LogP contribution >= 0.6 is 11.6 Å². The predicted molar refractivity (Wildman–Crippen MR) is 50.4 cm³/mol. The summed E-state index contributed by atoms with van der Waals surface area (Å²) < 4.78 is 5.07. The number of ether oxygens (including phenoxy) is 1. The Morgan fingerprint density at radius 2 is 2.08 bits per heavy atom. The van der Waals surface area contributed by atoms with Gasteiger partial charge in [0, 0.05) is 0 Å². The first-order chi connectivity index (χ1) is 5.61. The molecular formula is C9H17ClO2. The molecule has 2 unspecified atom stereocenters. The summed E-state index contributed by atoms with van der Waals surface area (Å²) in [7, 11) is 0. The Morgan fingerprint density at radius 1 is 1.50 bits per heavy atom. The molecule has 0 aliphatic rings. The summed E-state index contributed by atoms with van der Waals surface area (Å²) in [5.41, 5.74) is 0. The van der Waals surface area contributed by atoms with E-state index < -0.39 is 5.38 Å². The van der Waals surface area contributed by atoms with Crippen LogP contribution in [0.2, 0.25) is 0 Å². The van der Waals surface area contributed by atoms with E-state index in [9.17, 15) is 4.79 Å². The minimum atomic E-state index is -0.482. The van der Waals surface area contributed by atoms with Gasteiger partial charge in [-0.3, -0.25) is 4.79 Å². The minimum absolute atomic E-state index is 0.00435. The first-order valence-corrected chi connectivity index (χ1v) is 4.90. The van der Waals surface area contributed by atoms with Crippen LogP contribution in [-0.4, -0.2) is 17.5 Å². The molecule has 0 spiro atoms. The van der Waals surface area contributed by atoms with Gasteiger partial charge in [-0.25, -0.2) is 0 Å². The zero-order valence-electron chi connectivity index (χ0n) is 7.97. The lowest BCUT2D eigenvalue weighted by Gasteiger charge is -2.13. The van der Waals surface area contributed by atoms with E-state index in [0.717, 1.165) is 12.8 Å². The number of rotatable bonds is 5. The number of hydrogen-bond donors (Lipinski definition) is 0. The molecule has 0 saturated heterocycles. The maximum atomic E-state index is 11.1. The number of esters is 1. The van der Waals surface area contributed by atoms with Crippen molar-refractivity contribution < 1.29 is 9.53 Å². The lowest BCUT2D eigenvalue weighted by molar-refractivity contribution is -0.148. The summed E-state index contributed by atoms with van der Waals surface area (Å²) in [5, 5.41) is -0.482. The van der Waals surface area contributed by atoms with E-state index in [4.69, 9.17) is 16.3 Å². The van der Waals surface area contributed by atoms with E-state index in [1.54, 1.807) is 0 Å². The molecule has 0 N–H and O–H groups in total. The Balaban J connectivity index is 3.67. The van der Waals surface area contributed by atoms with Crippen molar-refractivity contribution in [2.24, 2.45) is 0 Å². The van der Waals surface area contributed by atoms with Crippen molar-refractivity contribution in [2.75, 3.05) is 0 Å². The molecule has 0 aromatic heterocycles. The van der Waals surface area contributed by atoms with Crippen molar-refractivity contribution >= 4 is 17.6 Å². The van der Waals surface area contributed by atoms with Crippen LogP contribution in [-0.2, 0) is 9.53 Å². The molecule has 0 amide bonds. The van der Waals surface area contributed by atoms with E-state index in [2.05, 4.69) is 6.92 Å². The van der Waals surface area contributed by atoms with Crippen LogP contribution < -0.4 is 0 Å². The monoisotopic (exact) mass is 192 g/mol. The van der Waals surface area contributed by atoms with Crippen LogP contribution in [0, 0.1) is 0 Å². The third-order valence-electron chi connectivity index (χ3n) is 1.63. The Kier molecular flexibility index (Phi) is 6.17. The molecule has 12 heavy (non-hydrogen) atoms. The molecule has 0 aromatic rings. The second-order valence-corrected chi connectivity index (χ2v) is 3.44. The number of carbonyl (C=O) groups is 1. The van der Waals surface area contributed by atoms with Crippen molar-refractivity contribution in [1.82, 2.24) is 0 Å². The number of alkyl halides is 1. The van der Waals surface area contributed by atoms with Crippen molar-refractivity contribution in [3.8, 4) is 0 Å². The van der Waals surface area contributed by atoms with Gasteiger partial charge in [0.1, 0.15) is 5.38 Å². The molecule has 0 rings (SSSR count). The number of hydrogen-bond acceptors (Lipinski definition) is 2. The molecule has 0 radical (unpaired) electrons. The Bertz CT molecular complexity index is 136. The lowest BCUT2D eigenvalue weighted by Crippen LogP contribution is -2.22. The van der Waals surface area contributed by atoms with Crippen LogP contribution in [0.1, 0.15) is 40.0 Å². The quantitative estimate of drug-likeness (QED) is 0.495. The average molecular weight is 193 g/mol. The highest BCUT2D eigenvalue weighted by atomic mass is 35.5. The molecule has 3 heteroatoms. The summed E-state index contributed by atoms with van der Waals surface area (Å²) >= 11 is 5.69. The molecule has 0 saturated carbocycles. The zero-order valence-corrected chi connectivity index (χ0v) is 8.73. The van der Waals surface area contributed by atoms with Crippen LogP contribution in [0.5, 0.6) is 0 Å². The standard InChI is InChI=1S/C9H17ClO2/c1-4-6-7(3)12-9(11)8(10)5-2/h7-8H,4-6H2,1-3H3. The molecule has 0 heterocycles. The van der Waals surface area contributed by atoms with Gasteiger partial charge in [-0.1, -0.05) is 20.3 Å². The van der Waals surface area contributed by atoms with Gasteiger partial charge in [0.05, 0.1) is 6.10 Å². The fourth-order valence-electron chi connectivity index (χ4n) is 0.904. The molecule has 0 aromatic carbocycles. The first-order valence-electron chi connectivity index (χ1n) is 4.46. The van der Waals surface area contributed by atoms with E-state index >= 15 is 0 Å². The normalized spacial score (nSPS) is 15.3. The molecule has 2 atom stereocenters. The smallest absolute Gasteiger partial charge is 0.324 e. The molecule has 0 bridgehead atoms. The van der Waals surface area contributed by atoms with Gasteiger partial charge in [-0.15, -0.1) is 11.6 Å². The van der Waals surface area contributed by atoms with Crippen LogP contribution in [0.15, 0.2) is 0 Å². The second-order valence-electron chi connectivity index (χ2n) is 2.91. The van der Waals surface area contributed by atoms with E-state index in [-0.39, 0.29) is 12.1 Å². The molecule has 0 aliphatic heterocycles.